The second-order valence-electron chi connectivity index (χ2n) is 6.84. The lowest BCUT2D eigenvalue weighted by molar-refractivity contribution is -0.0780. The van der Waals surface area contributed by atoms with Gasteiger partial charge in [0, 0.05) is 16.7 Å². The summed E-state index contributed by atoms with van der Waals surface area (Å²) in [5, 5.41) is 15.9. The molecule has 1 heterocycles. The third-order valence-electron chi connectivity index (χ3n) is 4.52. The van der Waals surface area contributed by atoms with E-state index in [1.165, 1.54) is 17.0 Å². The van der Waals surface area contributed by atoms with E-state index in [4.69, 9.17) is 0 Å². The smallest absolute Gasteiger partial charge is 0.256 e. The predicted octanol–water partition coefficient (Wildman–Crippen LogP) is 3.41. The number of carbonyl (C=O) groups is 1. The van der Waals surface area contributed by atoms with Crippen molar-refractivity contribution in [3.8, 4) is 0 Å². The van der Waals surface area contributed by atoms with Crippen LogP contribution in [0.15, 0.2) is 43.0 Å². The highest BCUT2D eigenvalue weighted by Crippen LogP contribution is 2.31. The minimum atomic E-state index is -1.28. The molecule has 0 radical (unpaired) electrons. The summed E-state index contributed by atoms with van der Waals surface area (Å²) in [6.07, 6.45) is 1.65. The zero-order valence-electron chi connectivity index (χ0n) is 15.3. The number of nitrogens with one attached hydrogen (secondary N) is 2. The van der Waals surface area contributed by atoms with Crippen molar-refractivity contribution < 1.29 is 23.1 Å². The molecule has 5 nitrogen and oxygen atoms in total. The summed E-state index contributed by atoms with van der Waals surface area (Å²) in [4.78, 5) is 14.1. The number of nitrogens with zero attached hydrogens (tertiary/aromatic N) is 1. The topological polar surface area (TPSA) is 64.6 Å². The molecule has 3 rings (SSSR count). The molecule has 0 saturated carbocycles. The molecule has 9 heteroatoms. The van der Waals surface area contributed by atoms with Gasteiger partial charge in [-0.25, -0.2) is 13.2 Å². The van der Waals surface area contributed by atoms with Gasteiger partial charge in [-0.2, -0.15) is 0 Å². The first kappa shape index (κ1) is 21.6. The van der Waals surface area contributed by atoms with Crippen LogP contribution in [0.25, 0.3) is 0 Å². The number of halogens is 4. The predicted molar refractivity (Wildman–Crippen MR) is 113 cm³/mol. The number of β-amino-alcohol motifs (C(OH)–C–C–N with tert-alkyl or cyclic N) is 1. The number of carbonyl (C=O) groups excluding carboxylic acids is 1. The van der Waals surface area contributed by atoms with Crippen molar-refractivity contribution in [2.75, 3.05) is 31.5 Å². The first-order valence-corrected chi connectivity index (χ1v) is 9.85. The molecule has 1 saturated heterocycles. The number of hydrogen-bond donors (Lipinski definition) is 3. The SMILES string of the molecule is C=CCNCC1(O)CN(C(=O)c2ccc(F)c(F)c2Nc2ccc(I)cc2F)C1. The summed E-state index contributed by atoms with van der Waals surface area (Å²) in [5.41, 5.74) is -1.79. The second kappa shape index (κ2) is 8.72. The Morgan fingerprint density at radius 3 is 2.62 bits per heavy atom. The monoisotopic (exact) mass is 517 g/mol. The van der Waals surface area contributed by atoms with Crippen molar-refractivity contribution in [2.45, 2.75) is 5.60 Å². The van der Waals surface area contributed by atoms with Crippen molar-refractivity contribution in [1.29, 1.82) is 0 Å². The van der Waals surface area contributed by atoms with Crippen LogP contribution in [0, 0.1) is 21.0 Å². The molecule has 0 aromatic heterocycles. The second-order valence-corrected chi connectivity index (χ2v) is 8.08. The largest absolute Gasteiger partial charge is 0.385 e. The van der Waals surface area contributed by atoms with Gasteiger partial charge in [0.25, 0.3) is 5.91 Å². The van der Waals surface area contributed by atoms with Gasteiger partial charge < -0.3 is 20.6 Å². The fourth-order valence-electron chi connectivity index (χ4n) is 3.07. The van der Waals surface area contributed by atoms with Crippen LogP contribution in [0.5, 0.6) is 0 Å². The van der Waals surface area contributed by atoms with Crippen LogP contribution >= 0.6 is 22.6 Å². The zero-order chi connectivity index (χ0) is 21.2. The highest BCUT2D eigenvalue weighted by molar-refractivity contribution is 14.1. The van der Waals surface area contributed by atoms with E-state index < -0.39 is 34.6 Å². The molecule has 2 aromatic rings. The Hall–Kier alpha value is -2.11. The molecule has 0 atom stereocenters. The molecule has 0 spiro atoms. The number of rotatable bonds is 7. The van der Waals surface area contributed by atoms with E-state index >= 15 is 0 Å². The average molecular weight is 517 g/mol. The standard InChI is InChI=1S/C20H19F3IN3O2/c1-2-7-25-9-20(29)10-27(11-20)19(28)13-4-5-14(21)17(23)18(13)26-16-6-3-12(24)8-15(16)22/h2-6,8,25-26,29H,1,7,9-11H2. The molecule has 1 fully saturated rings. The highest BCUT2D eigenvalue weighted by Gasteiger charge is 2.44. The first-order valence-electron chi connectivity index (χ1n) is 8.77. The molecule has 0 aliphatic carbocycles. The van der Waals surface area contributed by atoms with E-state index in [9.17, 15) is 23.1 Å². The van der Waals surface area contributed by atoms with Crippen LogP contribution in [-0.4, -0.2) is 47.7 Å². The molecular formula is C20H19F3IN3O2. The summed E-state index contributed by atoms with van der Waals surface area (Å²) in [6, 6.07) is 6.18. The minimum Gasteiger partial charge on any atom is -0.385 e. The van der Waals surface area contributed by atoms with E-state index in [1.807, 2.05) is 22.6 Å². The number of likely N-dealkylation sites (tertiary alicyclic amines) is 1. The van der Waals surface area contributed by atoms with Gasteiger partial charge in [0.1, 0.15) is 11.4 Å². The number of aliphatic hydroxyl groups is 1. The minimum absolute atomic E-state index is 0.0340. The summed E-state index contributed by atoms with van der Waals surface area (Å²) >= 11 is 1.92. The van der Waals surface area contributed by atoms with Crippen molar-refractivity contribution in [3.05, 3.63) is 69.6 Å². The average Bonchev–Trinajstić information content (AvgIpc) is 2.65. The van der Waals surface area contributed by atoms with Crippen LogP contribution < -0.4 is 10.6 Å². The van der Waals surface area contributed by atoms with Gasteiger partial charge in [-0.15, -0.1) is 6.58 Å². The van der Waals surface area contributed by atoms with Crippen LogP contribution in [0.3, 0.4) is 0 Å². The Balaban J connectivity index is 1.82. The Labute approximate surface area is 179 Å². The lowest BCUT2D eigenvalue weighted by atomic mass is 9.92. The van der Waals surface area contributed by atoms with Crippen molar-refractivity contribution in [3.63, 3.8) is 0 Å². The van der Waals surface area contributed by atoms with Crippen molar-refractivity contribution >= 4 is 39.9 Å². The Morgan fingerprint density at radius 1 is 1.24 bits per heavy atom. The number of amides is 1. The summed E-state index contributed by atoms with van der Waals surface area (Å²) in [5.74, 6) is -3.70. The Kier molecular flexibility index (Phi) is 6.49. The third-order valence-corrected chi connectivity index (χ3v) is 5.19. The summed E-state index contributed by atoms with van der Waals surface area (Å²) in [6.45, 7) is 4.41. The van der Waals surface area contributed by atoms with Gasteiger partial charge >= 0.3 is 0 Å². The lowest BCUT2D eigenvalue weighted by Gasteiger charge is -2.46. The highest BCUT2D eigenvalue weighted by atomic mass is 127. The van der Waals surface area contributed by atoms with E-state index in [-0.39, 0.29) is 30.9 Å². The van der Waals surface area contributed by atoms with Gasteiger partial charge in [0.15, 0.2) is 11.6 Å². The van der Waals surface area contributed by atoms with Crippen molar-refractivity contribution in [2.24, 2.45) is 0 Å². The first-order chi connectivity index (χ1) is 13.7. The fraction of sp³-hybridized carbons (Fsp3) is 0.250. The summed E-state index contributed by atoms with van der Waals surface area (Å²) < 4.78 is 43.0. The molecule has 0 unspecified atom stereocenters. The van der Waals surface area contributed by atoms with Gasteiger partial charge in [-0.1, -0.05) is 6.08 Å². The van der Waals surface area contributed by atoms with E-state index in [0.29, 0.717) is 10.1 Å². The van der Waals surface area contributed by atoms with Gasteiger partial charge in [-0.3, -0.25) is 4.79 Å². The Morgan fingerprint density at radius 2 is 1.97 bits per heavy atom. The number of anilines is 2. The quantitative estimate of drug-likeness (QED) is 0.300. The third kappa shape index (κ3) is 4.73. The van der Waals surface area contributed by atoms with Gasteiger partial charge in [0.05, 0.1) is 30.0 Å². The van der Waals surface area contributed by atoms with Crippen LogP contribution in [0.4, 0.5) is 24.5 Å². The normalized spacial score (nSPS) is 15.0. The van der Waals surface area contributed by atoms with Crippen LogP contribution in [-0.2, 0) is 0 Å². The number of benzene rings is 2. The molecule has 0 bridgehead atoms. The molecule has 1 aliphatic heterocycles. The zero-order valence-corrected chi connectivity index (χ0v) is 17.5. The fourth-order valence-corrected chi connectivity index (χ4v) is 3.53. The maximum atomic E-state index is 14.5. The molecule has 3 N–H and O–H groups in total. The van der Waals surface area contributed by atoms with Crippen molar-refractivity contribution in [1.82, 2.24) is 10.2 Å². The molecule has 1 aliphatic rings. The van der Waals surface area contributed by atoms with E-state index in [1.54, 1.807) is 12.1 Å². The van der Waals surface area contributed by atoms with Gasteiger partial charge in [-0.05, 0) is 52.9 Å². The van der Waals surface area contributed by atoms with Crippen LogP contribution in [0.1, 0.15) is 10.4 Å². The van der Waals surface area contributed by atoms with Gasteiger partial charge in [0.2, 0.25) is 0 Å². The van der Waals surface area contributed by atoms with Crippen LogP contribution in [0.2, 0.25) is 0 Å². The molecule has 29 heavy (non-hydrogen) atoms. The molecule has 1 amide bonds. The molecular weight excluding hydrogens is 498 g/mol. The van der Waals surface area contributed by atoms with E-state index in [2.05, 4.69) is 17.2 Å². The molecule has 154 valence electrons. The maximum Gasteiger partial charge on any atom is 0.256 e. The Bertz CT molecular complexity index is 949. The lowest BCUT2D eigenvalue weighted by Crippen LogP contribution is -2.67. The number of hydrogen-bond acceptors (Lipinski definition) is 4. The molecule has 2 aromatic carbocycles. The van der Waals surface area contributed by atoms with E-state index in [0.717, 1.165) is 12.1 Å². The maximum absolute atomic E-state index is 14.5. The summed E-state index contributed by atoms with van der Waals surface area (Å²) in [7, 11) is 0.